The molecule has 0 saturated heterocycles. The number of furan rings is 1. The summed E-state index contributed by atoms with van der Waals surface area (Å²) in [5.41, 5.74) is 0.937. The Morgan fingerprint density at radius 1 is 1.29 bits per heavy atom. The fourth-order valence-corrected chi connectivity index (χ4v) is 2.27. The summed E-state index contributed by atoms with van der Waals surface area (Å²) in [5, 5.41) is 7.04. The third-order valence-electron chi connectivity index (χ3n) is 3.13. The molecule has 2 N–H and O–H groups in total. The van der Waals surface area contributed by atoms with Crippen LogP contribution in [0.25, 0.3) is 0 Å². The standard InChI is InChI=1S/C16H20N2O2S/c1-12(5-8-15-4-3-11-20-15)17-16(21)18-13-6-9-14(19-2)10-7-13/h3-4,6-7,9-12H,5,8H2,1-2H3,(H2,17,18,21)/t12-/m0/s1. The Bertz CT molecular complexity index is 552. The summed E-state index contributed by atoms with van der Waals surface area (Å²) in [6.45, 7) is 2.10. The molecule has 0 amide bonds. The minimum absolute atomic E-state index is 0.272. The van der Waals surface area contributed by atoms with Gasteiger partial charge in [-0.05, 0) is 62.0 Å². The summed E-state index contributed by atoms with van der Waals surface area (Å²) in [4.78, 5) is 0. The lowest BCUT2D eigenvalue weighted by molar-refractivity contribution is 0.415. The lowest BCUT2D eigenvalue weighted by Gasteiger charge is -2.16. The van der Waals surface area contributed by atoms with Gasteiger partial charge in [0.05, 0.1) is 13.4 Å². The predicted molar refractivity (Wildman–Crippen MR) is 88.8 cm³/mol. The third-order valence-corrected chi connectivity index (χ3v) is 3.35. The van der Waals surface area contributed by atoms with E-state index in [1.54, 1.807) is 13.4 Å². The van der Waals surface area contributed by atoms with Crippen LogP contribution in [-0.2, 0) is 6.42 Å². The maximum atomic E-state index is 5.32. The molecule has 112 valence electrons. The van der Waals surface area contributed by atoms with Gasteiger partial charge in [-0.25, -0.2) is 0 Å². The smallest absolute Gasteiger partial charge is 0.170 e. The van der Waals surface area contributed by atoms with Crippen molar-refractivity contribution in [3.8, 4) is 5.75 Å². The second kappa shape index (κ2) is 7.69. The second-order valence-corrected chi connectivity index (χ2v) is 5.25. The highest BCUT2D eigenvalue weighted by molar-refractivity contribution is 7.80. The van der Waals surface area contributed by atoms with E-state index in [4.69, 9.17) is 21.4 Å². The molecule has 0 aliphatic heterocycles. The molecule has 1 atom stereocenters. The lowest BCUT2D eigenvalue weighted by Crippen LogP contribution is -2.36. The number of aryl methyl sites for hydroxylation is 1. The van der Waals surface area contributed by atoms with Gasteiger partial charge in [0.15, 0.2) is 5.11 Å². The monoisotopic (exact) mass is 304 g/mol. The summed E-state index contributed by atoms with van der Waals surface area (Å²) < 4.78 is 10.4. The maximum absolute atomic E-state index is 5.32. The molecule has 0 bridgehead atoms. The predicted octanol–water partition coefficient (Wildman–Crippen LogP) is 3.60. The van der Waals surface area contributed by atoms with Gasteiger partial charge in [0.25, 0.3) is 0 Å². The summed E-state index contributed by atoms with van der Waals surface area (Å²) in [6.07, 6.45) is 3.55. The van der Waals surface area contributed by atoms with Gasteiger partial charge in [0.2, 0.25) is 0 Å². The van der Waals surface area contributed by atoms with Crippen molar-refractivity contribution in [1.82, 2.24) is 5.32 Å². The Morgan fingerprint density at radius 3 is 2.67 bits per heavy atom. The lowest BCUT2D eigenvalue weighted by atomic mass is 10.1. The van der Waals surface area contributed by atoms with Crippen LogP contribution in [-0.4, -0.2) is 18.3 Å². The molecule has 2 rings (SSSR count). The summed E-state index contributed by atoms with van der Waals surface area (Å²) in [6, 6.07) is 11.8. The molecule has 4 nitrogen and oxygen atoms in total. The van der Waals surface area contributed by atoms with Crippen molar-refractivity contribution < 1.29 is 9.15 Å². The minimum atomic E-state index is 0.272. The largest absolute Gasteiger partial charge is 0.497 e. The summed E-state index contributed by atoms with van der Waals surface area (Å²) in [7, 11) is 1.65. The van der Waals surface area contributed by atoms with E-state index in [9.17, 15) is 0 Å². The van der Waals surface area contributed by atoms with Crippen LogP contribution in [0.4, 0.5) is 5.69 Å². The highest BCUT2D eigenvalue weighted by Crippen LogP contribution is 2.15. The molecule has 0 radical (unpaired) electrons. The Hall–Kier alpha value is -2.01. The zero-order chi connectivity index (χ0) is 15.1. The quantitative estimate of drug-likeness (QED) is 0.799. The van der Waals surface area contributed by atoms with Crippen molar-refractivity contribution in [1.29, 1.82) is 0 Å². The molecular weight excluding hydrogens is 284 g/mol. The van der Waals surface area contributed by atoms with Gasteiger partial charge in [-0.15, -0.1) is 0 Å². The fraction of sp³-hybridized carbons (Fsp3) is 0.312. The van der Waals surface area contributed by atoms with Crippen molar-refractivity contribution in [2.24, 2.45) is 0 Å². The van der Waals surface area contributed by atoms with Gasteiger partial charge in [-0.3, -0.25) is 0 Å². The number of hydrogen-bond donors (Lipinski definition) is 2. The number of hydrogen-bond acceptors (Lipinski definition) is 3. The van der Waals surface area contributed by atoms with E-state index in [0.717, 1.165) is 30.0 Å². The first kappa shape index (κ1) is 15.4. The number of nitrogens with one attached hydrogen (secondary N) is 2. The molecule has 0 unspecified atom stereocenters. The van der Waals surface area contributed by atoms with Crippen molar-refractivity contribution in [2.75, 3.05) is 12.4 Å². The molecule has 0 fully saturated rings. The zero-order valence-corrected chi connectivity index (χ0v) is 13.1. The highest BCUT2D eigenvalue weighted by Gasteiger charge is 2.06. The zero-order valence-electron chi connectivity index (χ0n) is 12.3. The average Bonchev–Trinajstić information content (AvgIpc) is 2.99. The Morgan fingerprint density at radius 2 is 2.05 bits per heavy atom. The number of rotatable bonds is 6. The molecule has 0 spiro atoms. The van der Waals surface area contributed by atoms with Gasteiger partial charge < -0.3 is 19.8 Å². The van der Waals surface area contributed by atoms with Crippen molar-refractivity contribution in [3.05, 3.63) is 48.4 Å². The van der Waals surface area contributed by atoms with Crippen molar-refractivity contribution >= 4 is 23.0 Å². The van der Waals surface area contributed by atoms with Crippen LogP contribution in [0.1, 0.15) is 19.1 Å². The van der Waals surface area contributed by atoms with E-state index in [1.807, 2.05) is 36.4 Å². The van der Waals surface area contributed by atoms with E-state index >= 15 is 0 Å². The third kappa shape index (κ3) is 5.11. The Balaban J connectivity index is 1.75. The molecule has 1 aromatic carbocycles. The van der Waals surface area contributed by atoms with E-state index < -0.39 is 0 Å². The van der Waals surface area contributed by atoms with Crippen LogP contribution in [0.15, 0.2) is 47.1 Å². The van der Waals surface area contributed by atoms with Gasteiger partial charge in [0, 0.05) is 18.2 Å². The van der Waals surface area contributed by atoms with Gasteiger partial charge in [-0.2, -0.15) is 0 Å². The van der Waals surface area contributed by atoms with Crippen LogP contribution >= 0.6 is 12.2 Å². The summed E-state index contributed by atoms with van der Waals surface area (Å²) in [5.74, 6) is 1.82. The molecule has 0 aliphatic rings. The molecular formula is C16H20N2O2S. The highest BCUT2D eigenvalue weighted by atomic mass is 32.1. The van der Waals surface area contributed by atoms with E-state index in [-0.39, 0.29) is 6.04 Å². The molecule has 1 heterocycles. The van der Waals surface area contributed by atoms with E-state index in [0.29, 0.717) is 5.11 Å². The van der Waals surface area contributed by atoms with E-state index in [2.05, 4.69) is 17.6 Å². The van der Waals surface area contributed by atoms with Crippen molar-refractivity contribution in [3.63, 3.8) is 0 Å². The topological polar surface area (TPSA) is 46.4 Å². The number of methoxy groups -OCH3 is 1. The first-order valence-corrected chi connectivity index (χ1v) is 7.32. The molecule has 0 saturated carbocycles. The van der Waals surface area contributed by atoms with Gasteiger partial charge in [-0.1, -0.05) is 0 Å². The number of thiocarbonyl (C=S) groups is 1. The Labute approximate surface area is 130 Å². The number of ether oxygens (including phenoxy) is 1. The normalized spacial score (nSPS) is 11.7. The van der Waals surface area contributed by atoms with E-state index in [1.165, 1.54) is 0 Å². The molecule has 2 aromatic rings. The van der Waals surface area contributed by atoms with Crippen LogP contribution in [0.2, 0.25) is 0 Å². The first-order valence-electron chi connectivity index (χ1n) is 6.91. The summed E-state index contributed by atoms with van der Waals surface area (Å²) >= 11 is 5.31. The van der Waals surface area contributed by atoms with Gasteiger partial charge in [0.1, 0.15) is 11.5 Å². The van der Waals surface area contributed by atoms with Crippen LogP contribution in [0, 0.1) is 0 Å². The molecule has 0 aliphatic carbocycles. The maximum Gasteiger partial charge on any atom is 0.170 e. The number of anilines is 1. The molecule has 21 heavy (non-hydrogen) atoms. The Kier molecular flexibility index (Phi) is 5.63. The fourth-order valence-electron chi connectivity index (χ4n) is 1.95. The SMILES string of the molecule is COc1ccc(NC(=S)N[C@@H](C)CCc2ccco2)cc1. The van der Waals surface area contributed by atoms with Crippen LogP contribution in [0.5, 0.6) is 5.75 Å². The first-order chi connectivity index (χ1) is 10.2. The second-order valence-electron chi connectivity index (χ2n) is 4.85. The van der Waals surface area contributed by atoms with Crippen LogP contribution in [0.3, 0.4) is 0 Å². The minimum Gasteiger partial charge on any atom is -0.497 e. The molecule has 5 heteroatoms. The molecule has 1 aromatic heterocycles. The van der Waals surface area contributed by atoms with Gasteiger partial charge >= 0.3 is 0 Å². The number of benzene rings is 1. The van der Waals surface area contributed by atoms with Crippen LogP contribution < -0.4 is 15.4 Å². The average molecular weight is 304 g/mol. The van der Waals surface area contributed by atoms with Crippen molar-refractivity contribution in [2.45, 2.75) is 25.8 Å².